The standard InChI is InChI=1S/C11H11BrF3N3O/c1-3-4-7(2)17-8-5-16-18(6-11(13,14)15)10(19)9(8)12/h1,5,7,17H,4,6H2,2H3. The summed E-state index contributed by atoms with van der Waals surface area (Å²) in [5.74, 6) is 2.43. The normalized spacial score (nSPS) is 12.8. The highest BCUT2D eigenvalue weighted by Gasteiger charge is 2.29. The smallest absolute Gasteiger partial charge is 0.379 e. The first-order valence-electron chi connectivity index (χ1n) is 5.27. The van der Waals surface area contributed by atoms with E-state index in [4.69, 9.17) is 6.42 Å². The molecule has 1 aromatic heterocycles. The molecule has 19 heavy (non-hydrogen) atoms. The molecule has 0 spiro atoms. The van der Waals surface area contributed by atoms with Crippen molar-refractivity contribution in [1.29, 1.82) is 0 Å². The van der Waals surface area contributed by atoms with E-state index in [9.17, 15) is 18.0 Å². The van der Waals surface area contributed by atoms with Crippen LogP contribution in [-0.2, 0) is 6.54 Å². The minimum absolute atomic E-state index is 0.00405. The lowest BCUT2D eigenvalue weighted by molar-refractivity contribution is -0.143. The number of anilines is 1. The fourth-order valence-corrected chi connectivity index (χ4v) is 1.76. The number of rotatable bonds is 4. The van der Waals surface area contributed by atoms with E-state index in [-0.39, 0.29) is 10.5 Å². The molecule has 8 heteroatoms. The predicted octanol–water partition coefficient (Wildman–Crippen LogP) is 2.39. The lowest BCUT2D eigenvalue weighted by Gasteiger charge is -2.15. The molecule has 0 bridgehead atoms. The van der Waals surface area contributed by atoms with Crippen molar-refractivity contribution >= 4 is 21.6 Å². The van der Waals surface area contributed by atoms with Gasteiger partial charge in [0.1, 0.15) is 11.0 Å². The van der Waals surface area contributed by atoms with Crippen molar-refractivity contribution in [1.82, 2.24) is 9.78 Å². The molecule has 0 saturated heterocycles. The van der Waals surface area contributed by atoms with Crippen molar-refractivity contribution in [3.05, 3.63) is 21.0 Å². The molecule has 0 fully saturated rings. The second kappa shape index (κ2) is 6.10. The van der Waals surface area contributed by atoms with Crippen LogP contribution in [0.25, 0.3) is 0 Å². The van der Waals surface area contributed by atoms with E-state index in [2.05, 4.69) is 32.3 Å². The van der Waals surface area contributed by atoms with Gasteiger partial charge in [-0.05, 0) is 22.9 Å². The van der Waals surface area contributed by atoms with Gasteiger partial charge in [0, 0.05) is 12.5 Å². The number of hydrogen-bond donors (Lipinski definition) is 1. The van der Waals surface area contributed by atoms with Crippen LogP contribution in [0.15, 0.2) is 15.5 Å². The van der Waals surface area contributed by atoms with E-state index >= 15 is 0 Å². The third kappa shape index (κ3) is 4.59. The number of alkyl halides is 3. The van der Waals surface area contributed by atoms with Crippen molar-refractivity contribution in [2.45, 2.75) is 32.1 Å². The topological polar surface area (TPSA) is 46.9 Å². The quantitative estimate of drug-likeness (QED) is 0.858. The fourth-order valence-electron chi connectivity index (χ4n) is 1.34. The Kier molecular flexibility index (Phi) is 5.00. The van der Waals surface area contributed by atoms with Gasteiger partial charge in [-0.25, -0.2) is 4.68 Å². The Hall–Kier alpha value is -1.49. The Morgan fingerprint density at radius 1 is 1.63 bits per heavy atom. The van der Waals surface area contributed by atoms with Gasteiger partial charge in [-0.15, -0.1) is 12.3 Å². The summed E-state index contributed by atoms with van der Waals surface area (Å²) in [5.41, 5.74) is -0.540. The van der Waals surface area contributed by atoms with Gasteiger partial charge in [-0.2, -0.15) is 18.3 Å². The van der Waals surface area contributed by atoms with E-state index in [1.807, 2.05) is 0 Å². The van der Waals surface area contributed by atoms with Crippen LogP contribution >= 0.6 is 15.9 Å². The number of terminal acetylenes is 1. The van der Waals surface area contributed by atoms with Crippen LogP contribution in [0.4, 0.5) is 18.9 Å². The summed E-state index contributed by atoms with van der Waals surface area (Å²) in [4.78, 5) is 11.7. The molecule has 0 aromatic carbocycles. The van der Waals surface area contributed by atoms with Gasteiger partial charge in [0.15, 0.2) is 0 Å². The second-order valence-corrected chi connectivity index (χ2v) is 4.70. The minimum atomic E-state index is -4.50. The molecule has 0 amide bonds. The number of halogens is 4. The van der Waals surface area contributed by atoms with Crippen molar-refractivity contribution in [2.24, 2.45) is 0 Å². The van der Waals surface area contributed by atoms with Crippen molar-refractivity contribution in [3.8, 4) is 12.3 Å². The summed E-state index contributed by atoms with van der Waals surface area (Å²) >= 11 is 2.96. The van der Waals surface area contributed by atoms with E-state index in [0.717, 1.165) is 6.20 Å². The van der Waals surface area contributed by atoms with Crippen LogP contribution in [0.2, 0.25) is 0 Å². The van der Waals surface area contributed by atoms with E-state index in [1.54, 1.807) is 6.92 Å². The Morgan fingerprint density at radius 2 is 2.26 bits per heavy atom. The summed E-state index contributed by atoms with van der Waals surface area (Å²) in [7, 11) is 0. The Balaban J connectivity index is 2.99. The molecule has 1 N–H and O–H groups in total. The Morgan fingerprint density at radius 3 is 2.79 bits per heavy atom. The van der Waals surface area contributed by atoms with Crippen LogP contribution in [-0.4, -0.2) is 22.0 Å². The van der Waals surface area contributed by atoms with Crippen molar-refractivity contribution in [2.75, 3.05) is 5.32 Å². The molecule has 0 radical (unpaired) electrons. The summed E-state index contributed by atoms with van der Waals surface area (Å²) in [6.45, 7) is 0.359. The predicted molar refractivity (Wildman–Crippen MR) is 68.8 cm³/mol. The molecular weight excluding hydrogens is 327 g/mol. The lowest BCUT2D eigenvalue weighted by Crippen LogP contribution is -2.31. The molecule has 104 valence electrons. The number of nitrogens with one attached hydrogen (secondary N) is 1. The first-order chi connectivity index (χ1) is 8.74. The summed E-state index contributed by atoms with van der Waals surface area (Å²) in [5, 5.41) is 6.37. The molecule has 1 atom stereocenters. The maximum Gasteiger partial charge on any atom is 0.408 e. The van der Waals surface area contributed by atoms with Gasteiger partial charge in [-0.3, -0.25) is 4.79 Å². The van der Waals surface area contributed by atoms with Gasteiger partial charge in [-0.1, -0.05) is 0 Å². The van der Waals surface area contributed by atoms with Crippen molar-refractivity contribution in [3.63, 3.8) is 0 Å². The SMILES string of the molecule is C#CCC(C)Nc1cnn(CC(F)(F)F)c(=O)c1Br. The summed E-state index contributed by atoms with van der Waals surface area (Å²) in [6.07, 6.45) is 2.21. The molecule has 0 aliphatic rings. The zero-order chi connectivity index (χ0) is 14.6. The highest BCUT2D eigenvalue weighted by molar-refractivity contribution is 9.10. The van der Waals surface area contributed by atoms with Gasteiger partial charge in [0.05, 0.1) is 11.9 Å². The average Bonchev–Trinajstić information content (AvgIpc) is 2.28. The maximum absolute atomic E-state index is 12.2. The highest BCUT2D eigenvalue weighted by Crippen LogP contribution is 2.20. The van der Waals surface area contributed by atoms with Crippen LogP contribution in [0.1, 0.15) is 13.3 Å². The molecule has 0 aliphatic heterocycles. The highest BCUT2D eigenvalue weighted by atomic mass is 79.9. The summed E-state index contributed by atoms with van der Waals surface area (Å²) in [6, 6.07) is -0.124. The number of aromatic nitrogens is 2. The van der Waals surface area contributed by atoms with Crippen molar-refractivity contribution < 1.29 is 13.2 Å². The Bertz CT molecular complexity index is 548. The molecule has 1 heterocycles. The third-order valence-corrected chi connectivity index (χ3v) is 2.91. The van der Waals surface area contributed by atoms with Crippen LogP contribution in [0, 0.1) is 12.3 Å². The average molecular weight is 338 g/mol. The molecule has 0 aliphatic carbocycles. The van der Waals surface area contributed by atoms with Gasteiger partial charge in [0.2, 0.25) is 0 Å². The van der Waals surface area contributed by atoms with Crippen LogP contribution in [0.3, 0.4) is 0 Å². The second-order valence-electron chi connectivity index (χ2n) is 3.90. The monoisotopic (exact) mass is 337 g/mol. The zero-order valence-corrected chi connectivity index (χ0v) is 11.5. The van der Waals surface area contributed by atoms with Crippen LogP contribution in [0.5, 0.6) is 0 Å². The number of hydrogen-bond acceptors (Lipinski definition) is 3. The first kappa shape index (κ1) is 15.6. The molecule has 1 rings (SSSR count). The maximum atomic E-state index is 12.2. The molecule has 4 nitrogen and oxygen atoms in total. The molecule has 1 unspecified atom stereocenters. The van der Waals surface area contributed by atoms with E-state index in [1.165, 1.54) is 0 Å². The third-order valence-electron chi connectivity index (χ3n) is 2.14. The minimum Gasteiger partial charge on any atom is -0.379 e. The van der Waals surface area contributed by atoms with Gasteiger partial charge < -0.3 is 5.32 Å². The zero-order valence-electron chi connectivity index (χ0n) is 9.96. The number of nitrogens with zero attached hydrogens (tertiary/aromatic N) is 2. The summed E-state index contributed by atoms with van der Waals surface area (Å²) < 4.78 is 37.0. The lowest BCUT2D eigenvalue weighted by atomic mass is 10.2. The van der Waals surface area contributed by atoms with Crippen LogP contribution < -0.4 is 10.9 Å². The molecular formula is C11H11BrF3N3O. The molecule has 1 aromatic rings. The fraction of sp³-hybridized carbons (Fsp3) is 0.455. The largest absolute Gasteiger partial charge is 0.408 e. The van der Waals surface area contributed by atoms with E-state index in [0.29, 0.717) is 16.8 Å². The Labute approximate surface area is 116 Å². The van der Waals surface area contributed by atoms with Gasteiger partial charge >= 0.3 is 6.18 Å². The first-order valence-corrected chi connectivity index (χ1v) is 6.06. The molecule has 0 saturated carbocycles. The van der Waals surface area contributed by atoms with E-state index < -0.39 is 18.3 Å². The van der Waals surface area contributed by atoms with Gasteiger partial charge in [0.25, 0.3) is 5.56 Å².